The normalized spacial score (nSPS) is 21.1. The SMILES string of the molecule is COc1ccc([C@H]2[C@H](CNC(=O)c3nccn3C)CCCN2C)cc1. The van der Waals surface area contributed by atoms with E-state index in [1.165, 1.54) is 5.56 Å². The minimum Gasteiger partial charge on any atom is -0.497 e. The number of benzene rings is 1. The lowest BCUT2D eigenvalue weighted by Crippen LogP contribution is -2.42. The summed E-state index contributed by atoms with van der Waals surface area (Å²) in [6.45, 7) is 1.72. The first-order valence-electron chi connectivity index (χ1n) is 8.70. The van der Waals surface area contributed by atoms with Crippen LogP contribution in [0.1, 0.15) is 35.1 Å². The lowest BCUT2D eigenvalue weighted by Gasteiger charge is -2.39. The number of amides is 1. The molecule has 0 radical (unpaired) electrons. The second-order valence-electron chi connectivity index (χ2n) is 6.67. The van der Waals surface area contributed by atoms with Crippen LogP contribution in [0.5, 0.6) is 5.75 Å². The summed E-state index contributed by atoms with van der Waals surface area (Å²) in [4.78, 5) is 18.8. The molecule has 1 aliphatic rings. The number of methoxy groups -OCH3 is 1. The van der Waals surface area contributed by atoms with Gasteiger partial charge in [-0.3, -0.25) is 9.69 Å². The summed E-state index contributed by atoms with van der Waals surface area (Å²) in [5.41, 5.74) is 1.26. The topological polar surface area (TPSA) is 59.4 Å². The van der Waals surface area contributed by atoms with E-state index in [-0.39, 0.29) is 5.91 Å². The molecule has 0 bridgehead atoms. The molecule has 2 heterocycles. The molecule has 1 aliphatic heterocycles. The number of piperidine rings is 1. The van der Waals surface area contributed by atoms with Crippen LogP contribution in [-0.4, -0.2) is 47.6 Å². The van der Waals surface area contributed by atoms with Gasteiger partial charge < -0.3 is 14.6 Å². The number of rotatable bonds is 5. The third kappa shape index (κ3) is 3.85. The minimum absolute atomic E-state index is 0.116. The molecule has 0 aliphatic carbocycles. The Labute approximate surface area is 148 Å². The summed E-state index contributed by atoms with van der Waals surface area (Å²) in [5, 5.41) is 3.06. The summed E-state index contributed by atoms with van der Waals surface area (Å²) in [5.74, 6) is 1.57. The van der Waals surface area contributed by atoms with Crippen LogP contribution in [0.4, 0.5) is 0 Å². The van der Waals surface area contributed by atoms with Gasteiger partial charge in [0.15, 0.2) is 5.82 Å². The Kier molecular flexibility index (Phi) is 5.38. The maximum Gasteiger partial charge on any atom is 0.287 e. The molecule has 2 aromatic rings. The number of carbonyl (C=O) groups is 1. The molecule has 1 N–H and O–H groups in total. The van der Waals surface area contributed by atoms with Gasteiger partial charge in [0, 0.05) is 32.0 Å². The summed E-state index contributed by atoms with van der Waals surface area (Å²) < 4.78 is 7.00. The van der Waals surface area contributed by atoms with Crippen molar-refractivity contribution in [3.8, 4) is 5.75 Å². The maximum atomic E-state index is 12.4. The van der Waals surface area contributed by atoms with Crippen LogP contribution < -0.4 is 10.1 Å². The Morgan fingerprint density at radius 1 is 1.32 bits per heavy atom. The number of nitrogens with zero attached hydrogens (tertiary/aromatic N) is 3. The van der Waals surface area contributed by atoms with E-state index < -0.39 is 0 Å². The molecule has 1 saturated heterocycles. The van der Waals surface area contributed by atoms with Crippen molar-refractivity contribution >= 4 is 5.91 Å². The molecule has 1 aromatic carbocycles. The molecule has 134 valence electrons. The number of ether oxygens (including phenoxy) is 1. The van der Waals surface area contributed by atoms with Crippen LogP contribution in [0.25, 0.3) is 0 Å². The number of hydrogen-bond donors (Lipinski definition) is 1. The van der Waals surface area contributed by atoms with Crippen LogP contribution in [0.2, 0.25) is 0 Å². The number of nitrogens with one attached hydrogen (secondary N) is 1. The zero-order valence-corrected chi connectivity index (χ0v) is 15.1. The molecule has 2 atom stereocenters. The van der Waals surface area contributed by atoms with Crippen molar-refractivity contribution in [3.05, 3.63) is 48.0 Å². The molecule has 0 spiro atoms. The first kappa shape index (κ1) is 17.5. The molecule has 1 fully saturated rings. The van der Waals surface area contributed by atoms with E-state index in [1.54, 1.807) is 24.1 Å². The van der Waals surface area contributed by atoms with Gasteiger partial charge in [-0.2, -0.15) is 0 Å². The summed E-state index contributed by atoms with van der Waals surface area (Å²) >= 11 is 0. The summed E-state index contributed by atoms with van der Waals surface area (Å²) in [6, 6.07) is 8.54. The Hall–Kier alpha value is -2.34. The predicted octanol–water partition coefficient (Wildman–Crippen LogP) is 2.24. The van der Waals surface area contributed by atoms with E-state index in [9.17, 15) is 4.79 Å². The van der Waals surface area contributed by atoms with Crippen LogP contribution >= 0.6 is 0 Å². The third-order valence-corrected chi connectivity index (χ3v) is 5.01. The highest BCUT2D eigenvalue weighted by atomic mass is 16.5. The Bertz CT molecular complexity index is 710. The Morgan fingerprint density at radius 3 is 2.72 bits per heavy atom. The first-order chi connectivity index (χ1) is 12.1. The second-order valence-corrected chi connectivity index (χ2v) is 6.67. The van der Waals surface area contributed by atoms with Gasteiger partial charge >= 0.3 is 0 Å². The van der Waals surface area contributed by atoms with Crippen LogP contribution in [0, 0.1) is 5.92 Å². The van der Waals surface area contributed by atoms with Gasteiger partial charge in [0.2, 0.25) is 0 Å². The lowest BCUT2D eigenvalue weighted by atomic mass is 9.85. The van der Waals surface area contributed by atoms with Gasteiger partial charge in [0.25, 0.3) is 5.91 Å². The number of hydrogen-bond acceptors (Lipinski definition) is 4. The quantitative estimate of drug-likeness (QED) is 0.905. The average molecular weight is 342 g/mol. The van der Waals surface area contributed by atoms with E-state index >= 15 is 0 Å². The fourth-order valence-electron chi connectivity index (χ4n) is 3.69. The van der Waals surface area contributed by atoms with E-state index in [2.05, 4.69) is 34.4 Å². The van der Waals surface area contributed by atoms with Gasteiger partial charge in [0.1, 0.15) is 5.75 Å². The zero-order chi connectivity index (χ0) is 17.8. The van der Waals surface area contributed by atoms with Crippen molar-refractivity contribution in [2.24, 2.45) is 13.0 Å². The molecule has 0 unspecified atom stereocenters. The number of likely N-dealkylation sites (tertiary alicyclic amines) is 1. The standard InChI is InChI=1S/C19H26N4O2/c1-22-11-4-5-15(13-21-19(24)18-20-10-12-23(18)2)17(22)14-6-8-16(25-3)9-7-14/h6-10,12,15,17H,4-5,11,13H2,1-3H3,(H,21,24)/t15-,17-/m0/s1. The third-order valence-electron chi connectivity index (χ3n) is 5.01. The highest BCUT2D eigenvalue weighted by molar-refractivity contribution is 5.90. The van der Waals surface area contributed by atoms with Crippen LogP contribution in [0.15, 0.2) is 36.7 Å². The number of imidazole rings is 1. The minimum atomic E-state index is -0.116. The number of aryl methyl sites for hydroxylation is 1. The maximum absolute atomic E-state index is 12.4. The number of aromatic nitrogens is 2. The van der Waals surface area contributed by atoms with Crippen LogP contribution in [-0.2, 0) is 7.05 Å². The average Bonchev–Trinajstić information content (AvgIpc) is 3.06. The molecular formula is C19H26N4O2. The molecular weight excluding hydrogens is 316 g/mol. The van der Waals surface area contributed by atoms with E-state index in [0.717, 1.165) is 25.1 Å². The molecule has 6 nitrogen and oxygen atoms in total. The van der Waals surface area contributed by atoms with Crippen molar-refractivity contribution in [3.63, 3.8) is 0 Å². The Morgan fingerprint density at radius 2 is 2.08 bits per heavy atom. The smallest absolute Gasteiger partial charge is 0.287 e. The molecule has 0 saturated carbocycles. The fraction of sp³-hybridized carbons (Fsp3) is 0.474. The van der Waals surface area contributed by atoms with Crippen molar-refractivity contribution in [1.82, 2.24) is 19.8 Å². The van der Waals surface area contributed by atoms with Crippen molar-refractivity contribution in [2.45, 2.75) is 18.9 Å². The second kappa shape index (κ2) is 7.70. The molecule has 25 heavy (non-hydrogen) atoms. The molecule has 6 heteroatoms. The van der Waals surface area contributed by atoms with Crippen molar-refractivity contribution in [2.75, 3.05) is 27.2 Å². The largest absolute Gasteiger partial charge is 0.497 e. The lowest BCUT2D eigenvalue weighted by molar-refractivity contribution is 0.0879. The van der Waals surface area contributed by atoms with E-state index in [0.29, 0.717) is 24.3 Å². The summed E-state index contributed by atoms with van der Waals surface area (Å²) in [6.07, 6.45) is 5.67. The monoisotopic (exact) mass is 342 g/mol. The highest BCUT2D eigenvalue weighted by Gasteiger charge is 2.31. The zero-order valence-electron chi connectivity index (χ0n) is 15.1. The first-order valence-corrected chi connectivity index (χ1v) is 8.70. The highest BCUT2D eigenvalue weighted by Crippen LogP contribution is 2.35. The molecule has 3 rings (SSSR count). The molecule has 1 amide bonds. The fourth-order valence-corrected chi connectivity index (χ4v) is 3.69. The van der Waals surface area contributed by atoms with Gasteiger partial charge in [-0.05, 0) is 50.0 Å². The van der Waals surface area contributed by atoms with Gasteiger partial charge in [0.05, 0.1) is 7.11 Å². The Balaban J connectivity index is 1.71. The number of carbonyl (C=O) groups excluding carboxylic acids is 1. The van der Waals surface area contributed by atoms with Crippen molar-refractivity contribution < 1.29 is 9.53 Å². The van der Waals surface area contributed by atoms with Crippen molar-refractivity contribution in [1.29, 1.82) is 0 Å². The van der Waals surface area contributed by atoms with Gasteiger partial charge in [-0.1, -0.05) is 12.1 Å². The van der Waals surface area contributed by atoms with E-state index in [1.807, 2.05) is 19.2 Å². The van der Waals surface area contributed by atoms with Gasteiger partial charge in [-0.15, -0.1) is 0 Å². The summed E-state index contributed by atoms with van der Waals surface area (Å²) in [7, 11) is 5.66. The van der Waals surface area contributed by atoms with Crippen LogP contribution in [0.3, 0.4) is 0 Å². The predicted molar refractivity (Wildman–Crippen MR) is 96.6 cm³/mol. The van der Waals surface area contributed by atoms with E-state index in [4.69, 9.17) is 4.74 Å². The van der Waals surface area contributed by atoms with Gasteiger partial charge in [-0.25, -0.2) is 4.98 Å². The molecule has 1 aromatic heterocycles.